The second-order valence-corrected chi connectivity index (χ2v) is 4.67. The van der Waals surface area contributed by atoms with Gasteiger partial charge in [0.2, 0.25) is 0 Å². The van der Waals surface area contributed by atoms with E-state index in [2.05, 4.69) is 60.7 Å². The van der Waals surface area contributed by atoms with Crippen molar-refractivity contribution in [3.8, 4) is 5.75 Å². The van der Waals surface area contributed by atoms with E-state index in [1.165, 1.54) is 21.9 Å². The molecule has 0 saturated carbocycles. The zero-order chi connectivity index (χ0) is 13.1. The first-order valence-corrected chi connectivity index (χ1v) is 6.46. The Balaban J connectivity index is 2.06. The second kappa shape index (κ2) is 5.15. The monoisotopic (exact) mass is 248 g/mol. The van der Waals surface area contributed by atoms with Crippen LogP contribution < -0.4 is 4.74 Å². The molecule has 0 radical (unpaired) electrons. The fourth-order valence-corrected chi connectivity index (χ4v) is 2.41. The topological polar surface area (TPSA) is 9.23 Å². The van der Waals surface area contributed by atoms with E-state index in [-0.39, 0.29) is 0 Å². The molecule has 0 spiro atoms. The Bertz CT molecular complexity index is 686. The second-order valence-electron chi connectivity index (χ2n) is 4.67. The van der Waals surface area contributed by atoms with Crippen LogP contribution >= 0.6 is 0 Å². The van der Waals surface area contributed by atoms with Gasteiger partial charge in [0, 0.05) is 6.42 Å². The Hall–Kier alpha value is -2.28. The van der Waals surface area contributed by atoms with Gasteiger partial charge in [0.15, 0.2) is 0 Å². The number of ether oxygens (including phenoxy) is 1. The normalized spacial score (nSPS) is 10.6. The van der Waals surface area contributed by atoms with Gasteiger partial charge in [-0.3, -0.25) is 0 Å². The summed E-state index contributed by atoms with van der Waals surface area (Å²) in [4.78, 5) is 0. The van der Waals surface area contributed by atoms with E-state index < -0.39 is 0 Å². The average Bonchev–Trinajstić information content (AvgIpc) is 2.47. The zero-order valence-corrected chi connectivity index (χ0v) is 11.0. The van der Waals surface area contributed by atoms with Crippen molar-refractivity contribution in [1.29, 1.82) is 0 Å². The van der Waals surface area contributed by atoms with E-state index >= 15 is 0 Å². The number of hydrogen-bond donors (Lipinski definition) is 0. The van der Waals surface area contributed by atoms with Crippen LogP contribution in [0.2, 0.25) is 0 Å². The SMILES string of the molecule is COc1cc2ccccc2cc1Cc1ccccc1. The van der Waals surface area contributed by atoms with Crippen LogP contribution in [-0.2, 0) is 6.42 Å². The Morgan fingerprint density at radius 2 is 1.42 bits per heavy atom. The molecule has 3 rings (SSSR count). The van der Waals surface area contributed by atoms with Gasteiger partial charge in [-0.1, -0.05) is 54.6 Å². The minimum Gasteiger partial charge on any atom is -0.496 e. The average molecular weight is 248 g/mol. The molecular formula is C18H16O. The number of fused-ring (bicyclic) bond motifs is 1. The van der Waals surface area contributed by atoms with Crippen molar-refractivity contribution in [1.82, 2.24) is 0 Å². The van der Waals surface area contributed by atoms with Gasteiger partial charge in [0.25, 0.3) is 0 Å². The molecule has 0 bridgehead atoms. The van der Waals surface area contributed by atoms with Crippen LogP contribution in [-0.4, -0.2) is 7.11 Å². The van der Waals surface area contributed by atoms with Gasteiger partial charge in [0.1, 0.15) is 5.75 Å². The highest BCUT2D eigenvalue weighted by Gasteiger charge is 2.06. The number of benzene rings is 3. The molecule has 0 N–H and O–H groups in total. The quantitative estimate of drug-likeness (QED) is 0.666. The van der Waals surface area contributed by atoms with E-state index in [1.54, 1.807) is 7.11 Å². The minimum absolute atomic E-state index is 0.898. The molecule has 1 heteroatoms. The molecule has 0 amide bonds. The third-order valence-electron chi connectivity index (χ3n) is 3.39. The predicted molar refractivity (Wildman–Crippen MR) is 79.7 cm³/mol. The standard InChI is InChI=1S/C18H16O/c1-19-18-13-16-10-6-5-9-15(16)12-17(18)11-14-7-3-2-4-8-14/h2-10,12-13H,11H2,1H3. The Labute approximate surface area is 113 Å². The van der Waals surface area contributed by atoms with Crippen LogP contribution in [0.3, 0.4) is 0 Å². The summed E-state index contributed by atoms with van der Waals surface area (Å²) in [7, 11) is 1.73. The molecule has 19 heavy (non-hydrogen) atoms. The summed E-state index contributed by atoms with van der Waals surface area (Å²) in [6.07, 6.45) is 0.898. The van der Waals surface area contributed by atoms with E-state index in [4.69, 9.17) is 4.74 Å². The fourth-order valence-electron chi connectivity index (χ4n) is 2.41. The molecule has 1 nitrogen and oxygen atoms in total. The van der Waals surface area contributed by atoms with Crippen LogP contribution in [0.4, 0.5) is 0 Å². The van der Waals surface area contributed by atoms with Crippen molar-refractivity contribution < 1.29 is 4.74 Å². The highest BCUT2D eigenvalue weighted by Crippen LogP contribution is 2.27. The summed E-state index contributed by atoms with van der Waals surface area (Å²) in [5, 5.41) is 2.48. The maximum Gasteiger partial charge on any atom is 0.123 e. The third kappa shape index (κ3) is 2.45. The van der Waals surface area contributed by atoms with Crippen LogP contribution in [0, 0.1) is 0 Å². The molecule has 0 aliphatic heterocycles. The number of rotatable bonds is 3. The molecular weight excluding hydrogens is 232 g/mol. The highest BCUT2D eigenvalue weighted by molar-refractivity contribution is 5.85. The summed E-state index contributed by atoms with van der Waals surface area (Å²) < 4.78 is 5.53. The summed E-state index contributed by atoms with van der Waals surface area (Å²) in [5.74, 6) is 0.961. The van der Waals surface area contributed by atoms with Gasteiger partial charge < -0.3 is 4.74 Å². The van der Waals surface area contributed by atoms with Gasteiger partial charge in [-0.25, -0.2) is 0 Å². The Morgan fingerprint density at radius 3 is 2.11 bits per heavy atom. The number of methoxy groups -OCH3 is 1. The zero-order valence-electron chi connectivity index (χ0n) is 11.0. The molecule has 0 aliphatic carbocycles. The lowest BCUT2D eigenvalue weighted by Gasteiger charge is -2.10. The lowest BCUT2D eigenvalue weighted by atomic mass is 10.00. The first kappa shape index (κ1) is 11.8. The van der Waals surface area contributed by atoms with Gasteiger partial charge >= 0.3 is 0 Å². The smallest absolute Gasteiger partial charge is 0.123 e. The molecule has 0 aliphatic rings. The van der Waals surface area contributed by atoms with Crippen molar-refractivity contribution in [3.05, 3.63) is 77.9 Å². The van der Waals surface area contributed by atoms with E-state index in [1.807, 2.05) is 6.07 Å². The molecule has 0 atom stereocenters. The van der Waals surface area contributed by atoms with Crippen LogP contribution in [0.25, 0.3) is 10.8 Å². The van der Waals surface area contributed by atoms with Crippen molar-refractivity contribution in [2.45, 2.75) is 6.42 Å². The lowest BCUT2D eigenvalue weighted by Crippen LogP contribution is -1.94. The van der Waals surface area contributed by atoms with E-state index in [0.29, 0.717) is 0 Å². The Kier molecular flexibility index (Phi) is 3.20. The van der Waals surface area contributed by atoms with Gasteiger partial charge in [-0.15, -0.1) is 0 Å². The van der Waals surface area contributed by atoms with Crippen LogP contribution in [0.5, 0.6) is 5.75 Å². The molecule has 0 saturated heterocycles. The fraction of sp³-hybridized carbons (Fsp3) is 0.111. The van der Waals surface area contributed by atoms with Crippen molar-refractivity contribution in [3.63, 3.8) is 0 Å². The van der Waals surface area contributed by atoms with Crippen LogP contribution in [0.15, 0.2) is 66.7 Å². The number of hydrogen-bond acceptors (Lipinski definition) is 1. The maximum absolute atomic E-state index is 5.53. The Morgan fingerprint density at radius 1 is 0.789 bits per heavy atom. The predicted octanol–water partition coefficient (Wildman–Crippen LogP) is 4.44. The van der Waals surface area contributed by atoms with Gasteiger partial charge in [-0.05, 0) is 34.0 Å². The summed E-state index contributed by atoms with van der Waals surface area (Å²) >= 11 is 0. The summed E-state index contributed by atoms with van der Waals surface area (Å²) in [6.45, 7) is 0. The third-order valence-corrected chi connectivity index (χ3v) is 3.39. The van der Waals surface area contributed by atoms with Crippen LogP contribution in [0.1, 0.15) is 11.1 Å². The van der Waals surface area contributed by atoms with Crippen molar-refractivity contribution >= 4 is 10.8 Å². The minimum atomic E-state index is 0.898. The van der Waals surface area contributed by atoms with Gasteiger partial charge in [0.05, 0.1) is 7.11 Å². The van der Waals surface area contributed by atoms with Crippen molar-refractivity contribution in [2.75, 3.05) is 7.11 Å². The first-order valence-electron chi connectivity index (χ1n) is 6.46. The first-order chi connectivity index (χ1) is 9.36. The van der Waals surface area contributed by atoms with Gasteiger partial charge in [-0.2, -0.15) is 0 Å². The van der Waals surface area contributed by atoms with E-state index in [0.717, 1.165) is 12.2 Å². The molecule has 0 fully saturated rings. The molecule has 0 unspecified atom stereocenters. The maximum atomic E-state index is 5.53. The molecule has 0 aromatic heterocycles. The summed E-state index contributed by atoms with van der Waals surface area (Å²) in [6, 6.07) is 23.2. The molecule has 0 heterocycles. The molecule has 3 aromatic carbocycles. The largest absolute Gasteiger partial charge is 0.496 e. The van der Waals surface area contributed by atoms with E-state index in [9.17, 15) is 0 Å². The van der Waals surface area contributed by atoms with Crippen molar-refractivity contribution in [2.24, 2.45) is 0 Å². The summed E-state index contributed by atoms with van der Waals surface area (Å²) in [5.41, 5.74) is 2.53. The lowest BCUT2D eigenvalue weighted by molar-refractivity contribution is 0.411. The highest BCUT2D eigenvalue weighted by atomic mass is 16.5. The molecule has 94 valence electrons. The molecule has 3 aromatic rings.